The minimum Gasteiger partial charge on any atom is -0.496 e. The van der Waals surface area contributed by atoms with Crippen molar-refractivity contribution in [2.45, 2.75) is 6.04 Å². The minimum absolute atomic E-state index is 0.0279. The van der Waals surface area contributed by atoms with Crippen LogP contribution in [0.5, 0.6) is 5.75 Å². The molecule has 4 N–H and O–H groups in total. The maximum absolute atomic E-state index is 10.5. The van der Waals surface area contributed by atoms with E-state index in [-0.39, 0.29) is 18.3 Å². The molecule has 0 aliphatic heterocycles. The Bertz CT molecular complexity index is 368. The smallest absolute Gasteiger partial charge is 0.273 e. The molecule has 1 aromatic rings. The number of nitrogens with two attached hydrogens (primary N) is 2. The number of nitro groups is 1. The van der Waals surface area contributed by atoms with Gasteiger partial charge >= 0.3 is 0 Å². The van der Waals surface area contributed by atoms with Crippen LogP contribution in [0.15, 0.2) is 18.2 Å². The van der Waals surface area contributed by atoms with Gasteiger partial charge in [0.25, 0.3) is 5.69 Å². The van der Waals surface area contributed by atoms with E-state index >= 15 is 0 Å². The first kappa shape index (κ1) is 11.4. The van der Waals surface area contributed by atoms with Crippen molar-refractivity contribution >= 4 is 5.69 Å². The predicted octanol–water partition coefficient (Wildman–Crippen LogP) is 0.562. The van der Waals surface area contributed by atoms with Gasteiger partial charge in [0.15, 0.2) is 0 Å². The third kappa shape index (κ3) is 2.42. The first-order valence-electron chi connectivity index (χ1n) is 4.38. The van der Waals surface area contributed by atoms with Gasteiger partial charge in [-0.2, -0.15) is 0 Å². The van der Waals surface area contributed by atoms with E-state index in [9.17, 15) is 10.1 Å². The van der Waals surface area contributed by atoms with Crippen LogP contribution in [0.25, 0.3) is 0 Å². The predicted molar refractivity (Wildman–Crippen MR) is 55.6 cm³/mol. The topological polar surface area (TPSA) is 104 Å². The van der Waals surface area contributed by atoms with Gasteiger partial charge in [-0.1, -0.05) is 0 Å². The fraction of sp³-hybridized carbons (Fsp3) is 0.333. The number of benzene rings is 1. The number of hydrogen-bond acceptors (Lipinski definition) is 5. The highest BCUT2D eigenvalue weighted by Gasteiger charge is 2.14. The Morgan fingerprint density at radius 2 is 2.27 bits per heavy atom. The molecule has 0 radical (unpaired) electrons. The van der Waals surface area contributed by atoms with Crippen molar-refractivity contribution in [3.05, 3.63) is 33.9 Å². The lowest BCUT2D eigenvalue weighted by atomic mass is 10.1. The summed E-state index contributed by atoms with van der Waals surface area (Å²) in [6.45, 7) is 0.258. The summed E-state index contributed by atoms with van der Waals surface area (Å²) >= 11 is 0. The Labute approximate surface area is 87.0 Å². The van der Waals surface area contributed by atoms with E-state index in [1.165, 1.54) is 19.2 Å². The molecule has 0 saturated heterocycles. The molecule has 0 aromatic heterocycles. The van der Waals surface area contributed by atoms with Gasteiger partial charge in [0, 0.05) is 24.2 Å². The molecule has 82 valence electrons. The standard InChI is InChI=1S/C9H13N3O3/c1-15-9-4-6(12(13)14)2-3-7(9)8(11)5-10/h2-4,8H,5,10-11H2,1H3/t8-/m0/s1. The molecule has 0 saturated carbocycles. The molecule has 0 heterocycles. The fourth-order valence-corrected chi connectivity index (χ4v) is 1.25. The molecule has 0 aliphatic carbocycles. The van der Waals surface area contributed by atoms with Crippen molar-refractivity contribution in [3.63, 3.8) is 0 Å². The molecule has 0 aliphatic rings. The third-order valence-electron chi connectivity index (χ3n) is 2.08. The van der Waals surface area contributed by atoms with Gasteiger partial charge in [-0.3, -0.25) is 10.1 Å². The van der Waals surface area contributed by atoms with E-state index in [2.05, 4.69) is 0 Å². The second kappa shape index (κ2) is 4.72. The van der Waals surface area contributed by atoms with Crippen molar-refractivity contribution in [1.29, 1.82) is 0 Å². The zero-order valence-electron chi connectivity index (χ0n) is 8.34. The van der Waals surface area contributed by atoms with Crippen LogP contribution in [0.1, 0.15) is 11.6 Å². The zero-order valence-corrected chi connectivity index (χ0v) is 8.34. The number of nitro benzene ring substituents is 1. The quantitative estimate of drug-likeness (QED) is 0.559. The first-order chi connectivity index (χ1) is 7.10. The van der Waals surface area contributed by atoms with Gasteiger partial charge in [-0.05, 0) is 6.07 Å². The largest absolute Gasteiger partial charge is 0.496 e. The monoisotopic (exact) mass is 211 g/mol. The van der Waals surface area contributed by atoms with Crippen LogP contribution >= 0.6 is 0 Å². The highest BCUT2D eigenvalue weighted by atomic mass is 16.6. The van der Waals surface area contributed by atoms with Gasteiger partial charge in [-0.15, -0.1) is 0 Å². The molecule has 1 atom stereocenters. The van der Waals surface area contributed by atoms with Gasteiger partial charge in [-0.25, -0.2) is 0 Å². The van der Waals surface area contributed by atoms with Crippen LogP contribution in [0.4, 0.5) is 5.69 Å². The van der Waals surface area contributed by atoms with E-state index in [0.29, 0.717) is 11.3 Å². The van der Waals surface area contributed by atoms with Crippen LogP contribution in [-0.2, 0) is 0 Å². The molecule has 6 nitrogen and oxygen atoms in total. The normalized spacial score (nSPS) is 12.2. The van der Waals surface area contributed by atoms with Crippen LogP contribution in [0, 0.1) is 10.1 Å². The summed E-state index contributed by atoms with van der Waals surface area (Å²) in [6, 6.07) is 3.91. The fourth-order valence-electron chi connectivity index (χ4n) is 1.25. The zero-order chi connectivity index (χ0) is 11.4. The third-order valence-corrected chi connectivity index (χ3v) is 2.08. The highest BCUT2D eigenvalue weighted by molar-refractivity contribution is 5.45. The Hall–Kier alpha value is -1.66. The lowest BCUT2D eigenvalue weighted by Gasteiger charge is -2.13. The Morgan fingerprint density at radius 3 is 2.73 bits per heavy atom. The minimum atomic E-state index is -0.486. The van der Waals surface area contributed by atoms with Crippen molar-refractivity contribution in [2.24, 2.45) is 11.5 Å². The van der Waals surface area contributed by atoms with Crippen LogP contribution < -0.4 is 16.2 Å². The highest BCUT2D eigenvalue weighted by Crippen LogP contribution is 2.27. The second-order valence-electron chi connectivity index (χ2n) is 3.03. The molecular formula is C9H13N3O3. The Balaban J connectivity index is 3.14. The number of nitrogens with zero attached hydrogens (tertiary/aromatic N) is 1. The van der Waals surface area contributed by atoms with E-state index in [0.717, 1.165) is 0 Å². The first-order valence-corrected chi connectivity index (χ1v) is 4.38. The van der Waals surface area contributed by atoms with Gasteiger partial charge in [0.2, 0.25) is 0 Å². The van der Waals surface area contributed by atoms with Crippen molar-refractivity contribution in [2.75, 3.05) is 13.7 Å². The van der Waals surface area contributed by atoms with Gasteiger partial charge in [0.1, 0.15) is 5.75 Å². The summed E-state index contributed by atoms with van der Waals surface area (Å²) < 4.78 is 5.02. The van der Waals surface area contributed by atoms with Gasteiger partial charge in [0.05, 0.1) is 18.1 Å². The average Bonchev–Trinajstić information content (AvgIpc) is 2.27. The number of ether oxygens (including phenoxy) is 1. The summed E-state index contributed by atoms with van der Waals surface area (Å²) in [7, 11) is 1.44. The lowest BCUT2D eigenvalue weighted by molar-refractivity contribution is -0.384. The molecular weight excluding hydrogens is 198 g/mol. The number of rotatable bonds is 4. The number of hydrogen-bond donors (Lipinski definition) is 2. The molecule has 6 heteroatoms. The maximum atomic E-state index is 10.5. The van der Waals surface area contributed by atoms with Crippen molar-refractivity contribution in [1.82, 2.24) is 0 Å². The Morgan fingerprint density at radius 1 is 1.60 bits per heavy atom. The average molecular weight is 211 g/mol. The summed E-state index contributed by atoms with van der Waals surface area (Å²) in [5, 5.41) is 10.5. The SMILES string of the molecule is COc1cc([N+](=O)[O-])ccc1[C@@H](N)CN. The number of non-ortho nitro benzene ring substituents is 1. The Kier molecular flexibility index (Phi) is 3.59. The molecule has 0 fully saturated rings. The summed E-state index contributed by atoms with van der Waals surface area (Å²) in [5.74, 6) is 0.391. The second-order valence-corrected chi connectivity index (χ2v) is 3.03. The van der Waals surface area contributed by atoms with Gasteiger partial charge < -0.3 is 16.2 Å². The van der Waals surface area contributed by atoms with E-state index < -0.39 is 4.92 Å². The van der Waals surface area contributed by atoms with Crippen molar-refractivity contribution < 1.29 is 9.66 Å². The molecule has 0 bridgehead atoms. The van der Waals surface area contributed by atoms with E-state index in [1.54, 1.807) is 6.07 Å². The van der Waals surface area contributed by atoms with Crippen LogP contribution in [0.2, 0.25) is 0 Å². The summed E-state index contributed by atoms with van der Waals surface area (Å²) in [5.41, 5.74) is 11.8. The molecule has 1 aromatic carbocycles. The molecule has 15 heavy (non-hydrogen) atoms. The van der Waals surface area contributed by atoms with Crippen LogP contribution in [-0.4, -0.2) is 18.6 Å². The van der Waals surface area contributed by atoms with Crippen molar-refractivity contribution in [3.8, 4) is 5.75 Å². The molecule has 0 amide bonds. The molecule has 1 rings (SSSR count). The summed E-state index contributed by atoms with van der Waals surface area (Å²) in [6.07, 6.45) is 0. The lowest BCUT2D eigenvalue weighted by Crippen LogP contribution is -2.21. The molecule has 0 unspecified atom stereocenters. The number of methoxy groups -OCH3 is 1. The summed E-state index contributed by atoms with van der Waals surface area (Å²) in [4.78, 5) is 10.0. The van der Waals surface area contributed by atoms with Crippen LogP contribution in [0.3, 0.4) is 0 Å². The molecule has 0 spiro atoms. The van der Waals surface area contributed by atoms with E-state index in [4.69, 9.17) is 16.2 Å². The van der Waals surface area contributed by atoms with E-state index in [1.807, 2.05) is 0 Å². The maximum Gasteiger partial charge on any atom is 0.273 e.